The van der Waals surface area contributed by atoms with Crippen molar-refractivity contribution in [1.29, 1.82) is 0 Å². The molecule has 0 aliphatic heterocycles. The molecular weight excluding hydrogens is 392 g/mol. The largest absolute Gasteiger partial charge is 0.508 e. The number of phenols is 2. The number of hydrogen-bond donors (Lipinski definition) is 2. The summed E-state index contributed by atoms with van der Waals surface area (Å²) < 4.78 is 0. The van der Waals surface area contributed by atoms with E-state index in [2.05, 4.69) is 12.1 Å². The first-order valence-electron chi connectivity index (χ1n) is 13.5. The second-order valence-corrected chi connectivity index (χ2v) is 13.5. The average molecular weight is 429 g/mol. The fourth-order valence-electron chi connectivity index (χ4n) is 11.1. The maximum Gasteiger partial charge on any atom is 0.127 e. The monoisotopic (exact) mass is 428 g/mol. The molecule has 10 rings (SSSR count). The van der Waals surface area contributed by atoms with Crippen LogP contribution in [0, 0.1) is 35.5 Å². The highest BCUT2D eigenvalue weighted by Crippen LogP contribution is 2.64. The van der Waals surface area contributed by atoms with Crippen molar-refractivity contribution < 1.29 is 10.2 Å². The van der Waals surface area contributed by atoms with E-state index in [4.69, 9.17) is 0 Å². The minimum absolute atomic E-state index is 0.212. The van der Waals surface area contributed by atoms with E-state index in [1.807, 2.05) is 6.07 Å². The van der Waals surface area contributed by atoms with Gasteiger partial charge in [0.15, 0.2) is 0 Å². The second-order valence-electron chi connectivity index (χ2n) is 13.5. The van der Waals surface area contributed by atoms with Gasteiger partial charge in [-0.15, -0.1) is 0 Å². The van der Waals surface area contributed by atoms with Crippen LogP contribution in [0.3, 0.4) is 0 Å². The fraction of sp³-hybridized carbons (Fsp3) is 0.667. The van der Waals surface area contributed by atoms with Gasteiger partial charge in [-0.3, -0.25) is 0 Å². The van der Waals surface area contributed by atoms with E-state index >= 15 is 0 Å². The summed E-state index contributed by atoms with van der Waals surface area (Å²) in [6, 6.07) is 8.50. The zero-order valence-corrected chi connectivity index (χ0v) is 19.2. The van der Waals surface area contributed by atoms with Crippen molar-refractivity contribution >= 4 is 10.8 Å². The number of fused-ring (bicyclic) bond motifs is 1. The molecule has 2 aromatic rings. The van der Waals surface area contributed by atoms with Gasteiger partial charge in [0.2, 0.25) is 0 Å². The van der Waals surface area contributed by atoms with Crippen LogP contribution in [0.25, 0.3) is 10.8 Å². The molecule has 2 N–H and O–H groups in total. The van der Waals surface area contributed by atoms with Gasteiger partial charge in [0.1, 0.15) is 11.5 Å². The van der Waals surface area contributed by atoms with Crippen LogP contribution in [-0.4, -0.2) is 10.2 Å². The molecule has 2 heteroatoms. The molecule has 8 bridgehead atoms. The Kier molecular flexibility index (Phi) is 3.53. The van der Waals surface area contributed by atoms with Gasteiger partial charge in [-0.2, -0.15) is 0 Å². The highest BCUT2D eigenvalue weighted by Gasteiger charge is 2.54. The minimum Gasteiger partial charge on any atom is -0.508 e. The Labute approximate surface area is 191 Å². The van der Waals surface area contributed by atoms with Crippen molar-refractivity contribution in [3.05, 3.63) is 35.4 Å². The Balaban J connectivity index is 1.36. The molecule has 0 saturated heterocycles. The third-order valence-corrected chi connectivity index (χ3v) is 11.3. The Morgan fingerprint density at radius 2 is 1.00 bits per heavy atom. The first-order chi connectivity index (χ1) is 15.5. The van der Waals surface area contributed by atoms with Crippen LogP contribution in [0.1, 0.15) is 88.2 Å². The third kappa shape index (κ3) is 2.48. The van der Waals surface area contributed by atoms with Gasteiger partial charge in [0, 0.05) is 11.5 Å². The number of phenolic OH excluding ortho intramolecular Hbond substituents is 2. The smallest absolute Gasteiger partial charge is 0.127 e. The molecular formula is C30H36O2. The van der Waals surface area contributed by atoms with Gasteiger partial charge in [-0.1, -0.05) is 6.07 Å². The molecule has 2 nitrogen and oxygen atoms in total. The van der Waals surface area contributed by atoms with Crippen molar-refractivity contribution in [2.75, 3.05) is 0 Å². The first-order valence-corrected chi connectivity index (χ1v) is 13.5. The fourth-order valence-corrected chi connectivity index (χ4v) is 11.1. The summed E-state index contributed by atoms with van der Waals surface area (Å²) in [6.07, 6.45) is 16.8. The standard InChI is InChI=1S/C30H36O2/c31-24-9-25-26(28(32)10-24)7-23(29-11-17-1-18(12-29)3-19(2-17)13-29)8-27(25)30-14-20-4-21(15-30)6-22(5-20)16-30/h7-10,17-22,31-32H,1-6,11-16H2. The third-order valence-electron chi connectivity index (χ3n) is 11.3. The van der Waals surface area contributed by atoms with Crippen molar-refractivity contribution in [3.8, 4) is 11.5 Å². The van der Waals surface area contributed by atoms with Crippen molar-refractivity contribution in [2.45, 2.75) is 87.9 Å². The molecule has 8 fully saturated rings. The summed E-state index contributed by atoms with van der Waals surface area (Å²) in [7, 11) is 0. The lowest BCUT2D eigenvalue weighted by atomic mass is 9.46. The summed E-state index contributed by atoms with van der Waals surface area (Å²) >= 11 is 0. The van der Waals surface area contributed by atoms with E-state index < -0.39 is 0 Å². The normalized spacial score (nSPS) is 45.8. The Morgan fingerprint density at radius 1 is 0.531 bits per heavy atom. The van der Waals surface area contributed by atoms with Crippen LogP contribution in [0.15, 0.2) is 24.3 Å². The highest BCUT2D eigenvalue weighted by atomic mass is 16.3. The lowest BCUT2D eigenvalue weighted by molar-refractivity contribution is -0.00787. The molecule has 8 aliphatic carbocycles. The predicted molar refractivity (Wildman–Crippen MR) is 127 cm³/mol. The van der Waals surface area contributed by atoms with Gasteiger partial charge in [-0.25, -0.2) is 0 Å². The molecule has 0 amide bonds. The molecule has 0 radical (unpaired) electrons. The van der Waals surface area contributed by atoms with E-state index in [9.17, 15) is 10.2 Å². The Hall–Kier alpha value is -1.70. The van der Waals surface area contributed by atoms with Crippen LogP contribution >= 0.6 is 0 Å². The quantitative estimate of drug-likeness (QED) is 0.531. The van der Waals surface area contributed by atoms with Crippen LogP contribution < -0.4 is 0 Å². The molecule has 8 saturated carbocycles. The first kappa shape index (κ1) is 18.7. The number of benzene rings is 2. The summed E-state index contributed by atoms with van der Waals surface area (Å²) in [5.74, 6) is 5.94. The van der Waals surface area contributed by atoms with Gasteiger partial charge in [-0.05, 0) is 152 Å². The summed E-state index contributed by atoms with van der Waals surface area (Å²) in [4.78, 5) is 0. The van der Waals surface area contributed by atoms with Gasteiger partial charge < -0.3 is 10.2 Å². The van der Waals surface area contributed by atoms with E-state index in [1.54, 1.807) is 6.07 Å². The van der Waals surface area contributed by atoms with Crippen LogP contribution in [-0.2, 0) is 10.8 Å². The highest BCUT2D eigenvalue weighted by molar-refractivity contribution is 5.93. The molecule has 0 spiro atoms. The van der Waals surface area contributed by atoms with Crippen molar-refractivity contribution in [2.24, 2.45) is 35.5 Å². The second kappa shape index (κ2) is 6.05. The van der Waals surface area contributed by atoms with Crippen LogP contribution in [0.2, 0.25) is 0 Å². The lowest BCUT2D eigenvalue weighted by Crippen LogP contribution is -2.50. The summed E-state index contributed by atoms with van der Waals surface area (Å²) in [5.41, 5.74) is 3.64. The zero-order valence-electron chi connectivity index (χ0n) is 19.2. The van der Waals surface area contributed by atoms with Crippen LogP contribution in [0.5, 0.6) is 11.5 Å². The molecule has 0 unspecified atom stereocenters. The lowest BCUT2D eigenvalue weighted by Gasteiger charge is -2.58. The average Bonchev–Trinajstić information content (AvgIpc) is 2.71. The number of aromatic hydroxyl groups is 2. The molecule has 8 aliphatic rings. The zero-order chi connectivity index (χ0) is 21.2. The predicted octanol–water partition coefficient (Wildman–Crippen LogP) is 7.19. The Morgan fingerprint density at radius 3 is 1.50 bits per heavy atom. The van der Waals surface area contributed by atoms with E-state index in [1.165, 1.54) is 88.2 Å². The molecule has 2 aromatic carbocycles. The molecule has 32 heavy (non-hydrogen) atoms. The van der Waals surface area contributed by atoms with Crippen molar-refractivity contribution in [1.82, 2.24) is 0 Å². The van der Waals surface area contributed by atoms with E-state index in [-0.39, 0.29) is 16.9 Å². The summed E-state index contributed by atoms with van der Waals surface area (Å²) in [6.45, 7) is 0. The van der Waals surface area contributed by atoms with E-state index in [0.29, 0.717) is 5.41 Å². The molecule has 0 heterocycles. The maximum absolute atomic E-state index is 11.0. The molecule has 0 aromatic heterocycles. The summed E-state index contributed by atoms with van der Waals surface area (Å²) in [5, 5.41) is 23.6. The minimum atomic E-state index is 0.212. The topological polar surface area (TPSA) is 40.5 Å². The van der Waals surface area contributed by atoms with Gasteiger partial charge >= 0.3 is 0 Å². The molecule has 168 valence electrons. The van der Waals surface area contributed by atoms with Crippen molar-refractivity contribution in [3.63, 3.8) is 0 Å². The maximum atomic E-state index is 11.0. The van der Waals surface area contributed by atoms with Gasteiger partial charge in [0.25, 0.3) is 0 Å². The Bertz CT molecular complexity index is 1060. The SMILES string of the molecule is Oc1cc(O)c2cc(C34CC5CC(CC(C5)C3)C4)cc(C34CC5CC(CC(C5)C3)C4)c2c1. The van der Waals surface area contributed by atoms with E-state index in [0.717, 1.165) is 46.3 Å². The number of hydrogen-bond acceptors (Lipinski definition) is 2. The van der Waals surface area contributed by atoms with Crippen LogP contribution in [0.4, 0.5) is 0 Å². The van der Waals surface area contributed by atoms with Gasteiger partial charge in [0.05, 0.1) is 0 Å². The molecule has 0 atom stereocenters. The number of rotatable bonds is 2.